The summed E-state index contributed by atoms with van der Waals surface area (Å²) in [6, 6.07) is 4.98. The molecule has 90 valence electrons. The van der Waals surface area contributed by atoms with Gasteiger partial charge in [0.15, 0.2) is 0 Å². The highest BCUT2D eigenvalue weighted by Crippen LogP contribution is 2.19. The van der Waals surface area contributed by atoms with Crippen LogP contribution < -0.4 is 5.32 Å². The minimum absolute atomic E-state index is 0.143. The predicted octanol–water partition coefficient (Wildman–Crippen LogP) is 2.51. The van der Waals surface area contributed by atoms with E-state index in [2.05, 4.69) is 15.3 Å². The number of nitrogens with zero attached hydrogens (tertiary/aromatic N) is 1. The fourth-order valence-electron chi connectivity index (χ4n) is 1.64. The van der Waals surface area contributed by atoms with Crippen LogP contribution in [0, 0.1) is 5.82 Å². The van der Waals surface area contributed by atoms with Crippen molar-refractivity contribution in [3.63, 3.8) is 0 Å². The number of aromatic amines is 1. The lowest BCUT2D eigenvalue weighted by Gasteiger charge is -2.02. The average Bonchev–Trinajstić information content (AvgIpc) is 2.73. The highest BCUT2D eigenvalue weighted by molar-refractivity contribution is 6.30. The van der Waals surface area contributed by atoms with Crippen LogP contribution in [-0.2, 0) is 13.0 Å². The van der Waals surface area contributed by atoms with Crippen molar-refractivity contribution >= 4 is 11.6 Å². The van der Waals surface area contributed by atoms with Gasteiger partial charge in [0, 0.05) is 24.9 Å². The van der Waals surface area contributed by atoms with E-state index >= 15 is 0 Å². The molecule has 0 aliphatic carbocycles. The lowest BCUT2D eigenvalue weighted by atomic mass is 10.1. The zero-order valence-electron chi connectivity index (χ0n) is 9.43. The Morgan fingerprint density at radius 3 is 3.06 bits per heavy atom. The van der Waals surface area contributed by atoms with Gasteiger partial charge < -0.3 is 10.3 Å². The molecular formula is C12H13ClFN3. The Morgan fingerprint density at radius 2 is 2.29 bits per heavy atom. The third kappa shape index (κ3) is 2.84. The van der Waals surface area contributed by atoms with E-state index in [1.165, 1.54) is 6.07 Å². The molecule has 1 aromatic carbocycles. The topological polar surface area (TPSA) is 40.7 Å². The fraction of sp³-hybridized carbons (Fsp3) is 0.250. The molecule has 5 heteroatoms. The average molecular weight is 254 g/mol. The number of hydrogen-bond acceptors (Lipinski definition) is 2. The Kier molecular flexibility index (Phi) is 3.76. The molecule has 2 aromatic rings. The van der Waals surface area contributed by atoms with Gasteiger partial charge in [0.1, 0.15) is 11.6 Å². The molecule has 0 fully saturated rings. The van der Waals surface area contributed by atoms with Crippen molar-refractivity contribution < 1.29 is 4.39 Å². The molecule has 0 saturated carbocycles. The molecule has 0 unspecified atom stereocenters. The van der Waals surface area contributed by atoms with Crippen LogP contribution in [0.1, 0.15) is 17.1 Å². The van der Waals surface area contributed by atoms with E-state index in [0.29, 0.717) is 18.5 Å². The summed E-state index contributed by atoms with van der Waals surface area (Å²) >= 11 is 5.72. The molecule has 0 bridgehead atoms. The maximum atomic E-state index is 13.7. The van der Waals surface area contributed by atoms with Gasteiger partial charge in [-0.15, -0.1) is 0 Å². The summed E-state index contributed by atoms with van der Waals surface area (Å²) in [6.45, 7) is 0.713. The third-order valence-corrected chi connectivity index (χ3v) is 2.73. The molecule has 1 heterocycles. The minimum Gasteiger partial charge on any atom is -0.345 e. The Labute approximate surface area is 104 Å². The fourth-order valence-corrected chi connectivity index (χ4v) is 1.84. The van der Waals surface area contributed by atoms with Crippen LogP contribution in [0.3, 0.4) is 0 Å². The summed E-state index contributed by atoms with van der Waals surface area (Å²) in [4.78, 5) is 7.32. The molecule has 0 radical (unpaired) electrons. The second-order valence-corrected chi connectivity index (χ2v) is 4.18. The first-order valence-corrected chi connectivity index (χ1v) is 5.68. The second kappa shape index (κ2) is 5.29. The monoisotopic (exact) mass is 253 g/mol. The van der Waals surface area contributed by atoms with E-state index in [0.717, 1.165) is 11.5 Å². The zero-order valence-corrected chi connectivity index (χ0v) is 10.2. The quantitative estimate of drug-likeness (QED) is 0.879. The van der Waals surface area contributed by atoms with E-state index in [4.69, 9.17) is 11.6 Å². The van der Waals surface area contributed by atoms with Crippen LogP contribution in [0.15, 0.2) is 24.4 Å². The van der Waals surface area contributed by atoms with Gasteiger partial charge in [-0.2, -0.15) is 0 Å². The van der Waals surface area contributed by atoms with Gasteiger partial charge in [0.25, 0.3) is 0 Å². The molecule has 0 aliphatic rings. The van der Waals surface area contributed by atoms with Gasteiger partial charge in [-0.05, 0) is 18.7 Å². The number of halogens is 2. The number of benzene rings is 1. The molecule has 3 nitrogen and oxygen atoms in total. The van der Waals surface area contributed by atoms with Crippen LogP contribution in [0.4, 0.5) is 4.39 Å². The van der Waals surface area contributed by atoms with Crippen molar-refractivity contribution in [1.29, 1.82) is 0 Å². The highest BCUT2D eigenvalue weighted by atomic mass is 35.5. The van der Waals surface area contributed by atoms with Crippen LogP contribution in [-0.4, -0.2) is 17.0 Å². The van der Waals surface area contributed by atoms with Crippen LogP contribution in [0.5, 0.6) is 0 Å². The summed E-state index contributed by atoms with van der Waals surface area (Å²) in [5.74, 6) is 0.358. The minimum atomic E-state index is -0.374. The Morgan fingerprint density at radius 1 is 1.47 bits per heavy atom. The van der Waals surface area contributed by atoms with E-state index in [-0.39, 0.29) is 10.8 Å². The van der Waals surface area contributed by atoms with Crippen LogP contribution in [0.25, 0.3) is 0 Å². The number of aromatic nitrogens is 2. The van der Waals surface area contributed by atoms with Crippen molar-refractivity contribution in [2.75, 3.05) is 7.05 Å². The second-order valence-electron chi connectivity index (χ2n) is 3.78. The van der Waals surface area contributed by atoms with Gasteiger partial charge in [0.05, 0.1) is 5.02 Å². The molecule has 0 atom stereocenters. The van der Waals surface area contributed by atoms with E-state index in [1.807, 2.05) is 7.05 Å². The first-order valence-electron chi connectivity index (χ1n) is 5.31. The predicted molar refractivity (Wildman–Crippen MR) is 65.6 cm³/mol. The molecule has 17 heavy (non-hydrogen) atoms. The number of rotatable bonds is 4. The largest absolute Gasteiger partial charge is 0.345 e. The number of hydrogen-bond donors (Lipinski definition) is 2. The SMILES string of the molecule is CNCc1cnc(Cc2cccc(Cl)c2F)[nH]1. The molecular weight excluding hydrogens is 241 g/mol. The highest BCUT2D eigenvalue weighted by Gasteiger charge is 2.08. The molecule has 0 amide bonds. The summed E-state index contributed by atoms with van der Waals surface area (Å²) < 4.78 is 13.7. The molecule has 2 rings (SSSR count). The smallest absolute Gasteiger partial charge is 0.145 e. The number of nitrogens with one attached hydrogen (secondary N) is 2. The van der Waals surface area contributed by atoms with Crippen molar-refractivity contribution in [3.8, 4) is 0 Å². The first kappa shape index (κ1) is 12.1. The summed E-state index contributed by atoms with van der Waals surface area (Å²) in [7, 11) is 1.86. The molecule has 0 spiro atoms. The van der Waals surface area contributed by atoms with Gasteiger partial charge >= 0.3 is 0 Å². The van der Waals surface area contributed by atoms with Crippen molar-refractivity contribution in [2.24, 2.45) is 0 Å². The maximum Gasteiger partial charge on any atom is 0.145 e. The zero-order chi connectivity index (χ0) is 12.3. The van der Waals surface area contributed by atoms with E-state index < -0.39 is 0 Å². The van der Waals surface area contributed by atoms with Gasteiger partial charge in [-0.3, -0.25) is 0 Å². The van der Waals surface area contributed by atoms with Crippen molar-refractivity contribution in [3.05, 3.63) is 52.3 Å². The normalized spacial score (nSPS) is 10.8. The molecule has 2 N–H and O–H groups in total. The van der Waals surface area contributed by atoms with Gasteiger partial charge in [0.2, 0.25) is 0 Å². The van der Waals surface area contributed by atoms with Crippen LogP contribution in [0.2, 0.25) is 5.02 Å². The number of H-pyrrole nitrogens is 1. The summed E-state index contributed by atoms with van der Waals surface area (Å²) in [6.07, 6.45) is 2.16. The molecule has 0 saturated heterocycles. The number of imidazole rings is 1. The summed E-state index contributed by atoms with van der Waals surface area (Å²) in [5, 5.41) is 3.16. The third-order valence-electron chi connectivity index (χ3n) is 2.44. The van der Waals surface area contributed by atoms with Gasteiger partial charge in [-0.25, -0.2) is 9.37 Å². The lowest BCUT2D eigenvalue weighted by molar-refractivity contribution is 0.613. The Balaban J connectivity index is 2.16. The maximum absolute atomic E-state index is 13.7. The standard InChI is InChI=1S/C12H13ClFN3/c1-15-6-9-7-16-11(17-9)5-8-3-2-4-10(13)12(8)14/h2-4,7,15H,5-6H2,1H3,(H,16,17). The summed E-state index contributed by atoms with van der Waals surface area (Å²) in [5.41, 5.74) is 1.52. The Bertz CT molecular complexity index is 510. The van der Waals surface area contributed by atoms with E-state index in [1.54, 1.807) is 18.3 Å². The van der Waals surface area contributed by atoms with Gasteiger partial charge in [-0.1, -0.05) is 23.7 Å². The van der Waals surface area contributed by atoms with Crippen molar-refractivity contribution in [1.82, 2.24) is 15.3 Å². The van der Waals surface area contributed by atoms with E-state index in [9.17, 15) is 4.39 Å². The Hall–Kier alpha value is -1.39. The van der Waals surface area contributed by atoms with Crippen molar-refractivity contribution in [2.45, 2.75) is 13.0 Å². The molecule has 0 aliphatic heterocycles. The molecule has 1 aromatic heterocycles. The van der Waals surface area contributed by atoms with Crippen LogP contribution >= 0.6 is 11.6 Å². The lowest BCUT2D eigenvalue weighted by Crippen LogP contribution is -2.05. The first-order chi connectivity index (χ1) is 8.20.